The summed E-state index contributed by atoms with van der Waals surface area (Å²) in [4.78, 5) is 12.5. The summed E-state index contributed by atoms with van der Waals surface area (Å²) in [7, 11) is 0. The Bertz CT molecular complexity index is 800. The quantitative estimate of drug-likeness (QED) is 0.106. The molecule has 15 atom stereocenters. The molecular weight excluding hydrogens is 586 g/mol. The van der Waals surface area contributed by atoms with Crippen LogP contribution in [0.25, 0.3) is 0 Å². The van der Waals surface area contributed by atoms with Gasteiger partial charge in [-0.15, -0.1) is 0 Å². The molecule has 3 aliphatic rings. The molecule has 3 aliphatic heterocycles. The van der Waals surface area contributed by atoms with E-state index in [9.17, 15) is 45.6 Å². The normalized spacial score (nSPS) is 50.1. The molecule has 0 aromatic rings. The zero-order valence-corrected chi connectivity index (χ0v) is 21.6. The van der Waals surface area contributed by atoms with Gasteiger partial charge in [0.15, 0.2) is 30.3 Å². The number of nitrogens with two attached hydrogens (primary N) is 3. The molecule has 0 saturated carbocycles. The van der Waals surface area contributed by atoms with Crippen LogP contribution in [0.15, 0.2) is 0 Å². The second-order valence-corrected chi connectivity index (χ2v) is 9.97. The van der Waals surface area contributed by atoms with Gasteiger partial charge in [0.2, 0.25) is 0 Å². The summed E-state index contributed by atoms with van der Waals surface area (Å²) >= 11 is 2.92. The Morgan fingerprint density at radius 2 is 1.29 bits per heavy atom. The van der Waals surface area contributed by atoms with Crippen LogP contribution in [0.1, 0.15) is 0 Å². The number of hydrogen-bond acceptors (Lipinski definition) is 17. The number of carbonyl (C=O) groups excluding carboxylic acids is 1. The number of carbonyl (C=O) groups is 1. The smallest absolute Gasteiger partial charge is 0.181 e. The van der Waals surface area contributed by atoms with Crippen molar-refractivity contribution in [2.24, 2.45) is 17.2 Å². The van der Waals surface area contributed by atoms with Crippen LogP contribution < -0.4 is 17.2 Å². The minimum absolute atomic E-state index is 0.357. The predicted molar refractivity (Wildman–Crippen MR) is 125 cm³/mol. The molecule has 222 valence electrons. The van der Waals surface area contributed by atoms with E-state index in [4.69, 9.17) is 40.9 Å². The fraction of sp³-hybridized carbons (Fsp3) is 0.950. The molecular formula is C20H36BrN3O14. The van der Waals surface area contributed by atoms with E-state index in [-0.39, 0.29) is 5.33 Å². The minimum Gasteiger partial charge on any atom is -0.394 e. The van der Waals surface area contributed by atoms with Crippen LogP contribution in [0.5, 0.6) is 0 Å². The molecule has 0 amide bonds. The summed E-state index contributed by atoms with van der Waals surface area (Å²) < 4.78 is 27.7. The van der Waals surface area contributed by atoms with Gasteiger partial charge in [-0.1, -0.05) is 15.9 Å². The van der Waals surface area contributed by atoms with E-state index >= 15 is 0 Å². The molecule has 0 aromatic heterocycles. The highest BCUT2D eigenvalue weighted by molar-refractivity contribution is 9.09. The molecule has 3 rings (SSSR count). The fourth-order valence-electron chi connectivity index (χ4n) is 4.64. The molecule has 0 radical (unpaired) electrons. The monoisotopic (exact) mass is 621 g/mol. The van der Waals surface area contributed by atoms with Crippen molar-refractivity contribution in [1.29, 1.82) is 0 Å². The maximum Gasteiger partial charge on any atom is 0.181 e. The second-order valence-electron chi connectivity index (χ2n) is 9.41. The van der Waals surface area contributed by atoms with Crippen LogP contribution in [0, 0.1) is 0 Å². The van der Waals surface area contributed by atoms with E-state index in [1.807, 2.05) is 0 Å². The Morgan fingerprint density at radius 1 is 0.789 bits per heavy atom. The van der Waals surface area contributed by atoms with Crippen molar-refractivity contribution in [3.8, 4) is 0 Å². The highest BCUT2D eigenvalue weighted by atomic mass is 79.9. The number of rotatable bonds is 9. The molecule has 3 saturated heterocycles. The summed E-state index contributed by atoms with van der Waals surface area (Å²) in [5.74, 6) is -0.827. The minimum atomic E-state index is -2.31. The topological polar surface area (TPSA) is 303 Å². The summed E-state index contributed by atoms with van der Waals surface area (Å²) in [6.45, 7) is -2.51. The summed E-state index contributed by atoms with van der Waals surface area (Å²) in [6, 6.07) is -4.20. The van der Waals surface area contributed by atoms with E-state index in [0.29, 0.717) is 0 Å². The van der Waals surface area contributed by atoms with Crippen molar-refractivity contribution < 1.29 is 69.3 Å². The number of hydrogen-bond donors (Lipinski definition) is 11. The fourth-order valence-corrected chi connectivity index (χ4v) is 5.12. The van der Waals surface area contributed by atoms with Crippen molar-refractivity contribution in [2.45, 2.75) is 91.4 Å². The van der Waals surface area contributed by atoms with Crippen molar-refractivity contribution >= 4 is 21.7 Å². The summed E-state index contributed by atoms with van der Waals surface area (Å²) in [5, 5.41) is 81.1. The van der Waals surface area contributed by atoms with Crippen molar-refractivity contribution in [3.05, 3.63) is 0 Å². The number of aliphatic hydroxyl groups excluding tert-OH is 8. The molecule has 0 bridgehead atoms. The molecule has 3 heterocycles. The lowest BCUT2D eigenvalue weighted by Gasteiger charge is -2.50. The molecule has 0 spiro atoms. The largest absolute Gasteiger partial charge is 0.394 e. The predicted octanol–water partition coefficient (Wildman–Crippen LogP) is -7.34. The SMILES string of the molecule is N[C@H]1[C@@H](OC2[C@@H](CO)O[C@@H](OC3[C@@H](CO)O[C@@H](O)[C@H](N)[C@H]3O)[C@H](N)[C@H]2O)O[C@@](CO)(C(=O)CBr)[C@@H](O)[C@@H]1O. The first-order valence-corrected chi connectivity index (χ1v) is 12.9. The number of alkyl halides is 1. The summed E-state index contributed by atoms with van der Waals surface area (Å²) in [6.07, 6.45) is -17.2. The third-order valence-electron chi connectivity index (χ3n) is 7.07. The molecule has 2 unspecified atom stereocenters. The zero-order valence-electron chi connectivity index (χ0n) is 20.0. The molecule has 0 aromatic carbocycles. The number of halogens is 1. The number of aliphatic hydroxyl groups is 8. The average Bonchev–Trinajstić information content (AvgIpc) is 2.92. The van der Waals surface area contributed by atoms with Gasteiger partial charge in [-0.3, -0.25) is 4.79 Å². The standard InChI is InChI=1S/C20H36BrN3O14/c21-1-7(28)20(4-27)16(32)13(31)10(24)19(38-20)37-15-6(3-26)35-18(9(23)12(15)30)36-14-5(2-25)34-17(33)8(22)11(14)29/h5-6,8-19,25-27,29-33H,1-4,22-24H2/t5-,6-,8-,9-,10-,11-,12-,13-,14?,15?,16+,17-,18+,19+,20+/m1/s1. The van der Waals surface area contributed by atoms with Crippen molar-refractivity contribution in [3.63, 3.8) is 0 Å². The highest BCUT2D eigenvalue weighted by Crippen LogP contribution is 2.34. The third kappa shape index (κ3) is 5.78. The van der Waals surface area contributed by atoms with E-state index in [2.05, 4.69) is 15.9 Å². The lowest BCUT2D eigenvalue weighted by atomic mass is 9.83. The first-order chi connectivity index (χ1) is 17.9. The Hall–Kier alpha value is -0.490. The first kappa shape index (κ1) is 32.0. The van der Waals surface area contributed by atoms with Gasteiger partial charge in [0, 0.05) is 0 Å². The first-order valence-electron chi connectivity index (χ1n) is 11.8. The van der Waals surface area contributed by atoms with Gasteiger partial charge in [-0.2, -0.15) is 0 Å². The average molecular weight is 622 g/mol. The Labute approximate surface area is 225 Å². The Morgan fingerprint density at radius 3 is 1.82 bits per heavy atom. The van der Waals surface area contributed by atoms with E-state index < -0.39 is 117 Å². The van der Waals surface area contributed by atoms with E-state index in [1.165, 1.54) is 0 Å². The Balaban J connectivity index is 1.79. The van der Waals surface area contributed by atoms with Crippen molar-refractivity contribution in [2.75, 3.05) is 25.2 Å². The van der Waals surface area contributed by atoms with Crippen LogP contribution >= 0.6 is 15.9 Å². The van der Waals surface area contributed by atoms with E-state index in [1.54, 1.807) is 0 Å². The maximum absolute atomic E-state index is 12.5. The molecule has 38 heavy (non-hydrogen) atoms. The Kier molecular flexibility index (Phi) is 11.0. The summed E-state index contributed by atoms with van der Waals surface area (Å²) in [5.41, 5.74) is 15.4. The van der Waals surface area contributed by atoms with Gasteiger partial charge in [0.25, 0.3) is 0 Å². The van der Waals surface area contributed by atoms with E-state index in [0.717, 1.165) is 0 Å². The molecule has 0 aliphatic carbocycles. The van der Waals surface area contributed by atoms with Gasteiger partial charge < -0.3 is 81.7 Å². The highest BCUT2D eigenvalue weighted by Gasteiger charge is 2.58. The van der Waals surface area contributed by atoms with Crippen LogP contribution in [0.4, 0.5) is 0 Å². The molecule has 18 heteroatoms. The van der Waals surface area contributed by atoms with Gasteiger partial charge in [-0.25, -0.2) is 0 Å². The van der Waals surface area contributed by atoms with Crippen LogP contribution in [0.3, 0.4) is 0 Å². The van der Waals surface area contributed by atoms with Gasteiger partial charge in [0.05, 0.1) is 43.3 Å². The zero-order chi connectivity index (χ0) is 28.5. The van der Waals surface area contributed by atoms with Crippen LogP contribution in [0.2, 0.25) is 0 Å². The molecule has 14 N–H and O–H groups in total. The number of Topliss-reactive ketones (excluding diaryl/α,β-unsaturated/α-hetero) is 1. The second kappa shape index (κ2) is 13.0. The molecule has 17 nitrogen and oxygen atoms in total. The number of ketones is 1. The van der Waals surface area contributed by atoms with Gasteiger partial charge in [0.1, 0.15) is 48.8 Å². The lowest BCUT2D eigenvalue weighted by molar-refractivity contribution is -0.355. The lowest BCUT2D eigenvalue weighted by Crippen LogP contribution is -2.73. The third-order valence-corrected chi connectivity index (χ3v) is 7.58. The van der Waals surface area contributed by atoms with Crippen LogP contribution in [-0.4, -0.2) is 163 Å². The van der Waals surface area contributed by atoms with Crippen molar-refractivity contribution in [1.82, 2.24) is 0 Å². The van der Waals surface area contributed by atoms with Crippen LogP contribution in [-0.2, 0) is 28.5 Å². The number of ether oxygens (including phenoxy) is 5. The molecule has 3 fully saturated rings. The maximum atomic E-state index is 12.5. The van der Waals surface area contributed by atoms with Gasteiger partial charge in [-0.05, 0) is 0 Å². The van der Waals surface area contributed by atoms with Gasteiger partial charge >= 0.3 is 0 Å².